The van der Waals surface area contributed by atoms with Gasteiger partial charge in [0, 0.05) is 22.9 Å². The molecule has 31 heavy (non-hydrogen) atoms. The van der Waals surface area contributed by atoms with Crippen LogP contribution in [0.15, 0.2) is 53.6 Å². The van der Waals surface area contributed by atoms with Gasteiger partial charge in [-0.05, 0) is 48.6 Å². The molecule has 0 radical (unpaired) electrons. The zero-order valence-corrected chi connectivity index (χ0v) is 17.4. The van der Waals surface area contributed by atoms with Crippen LogP contribution >= 0.6 is 0 Å². The number of amides is 1. The van der Waals surface area contributed by atoms with Crippen LogP contribution in [0.4, 0.5) is 0 Å². The maximum atomic E-state index is 12.6. The van der Waals surface area contributed by atoms with Crippen LogP contribution in [0.1, 0.15) is 42.4 Å². The molecule has 7 heteroatoms. The maximum absolute atomic E-state index is 12.6. The monoisotopic (exact) mass is 419 g/mol. The maximum Gasteiger partial charge on any atom is 0.311 e. The van der Waals surface area contributed by atoms with Gasteiger partial charge in [-0.1, -0.05) is 37.1 Å². The van der Waals surface area contributed by atoms with Gasteiger partial charge in [-0.25, -0.2) is 5.43 Å². The molecule has 4 rings (SSSR count). The average Bonchev–Trinajstić information content (AvgIpc) is 3.21. The molecule has 1 amide bonds. The number of benzene rings is 2. The van der Waals surface area contributed by atoms with E-state index in [1.54, 1.807) is 12.1 Å². The minimum Gasteiger partial charge on any atom is -0.504 e. The number of hydrogen-bond acceptors (Lipinski definition) is 6. The molecule has 1 aliphatic heterocycles. The molecule has 1 heterocycles. The summed E-state index contributed by atoms with van der Waals surface area (Å²) in [6.45, 7) is 0. The first-order chi connectivity index (χ1) is 15.0. The second-order valence-electron chi connectivity index (χ2n) is 8.00. The van der Waals surface area contributed by atoms with Gasteiger partial charge in [0.05, 0.1) is 13.3 Å². The lowest BCUT2D eigenvalue weighted by molar-refractivity contribution is -0.135. The van der Waals surface area contributed by atoms with Gasteiger partial charge in [0.2, 0.25) is 5.78 Å². The molecule has 2 aromatic carbocycles. The predicted octanol–water partition coefficient (Wildman–Crippen LogP) is 2.92. The molecule has 1 saturated carbocycles. The molecule has 0 saturated heterocycles. The van der Waals surface area contributed by atoms with E-state index in [-0.39, 0.29) is 11.3 Å². The Hall–Kier alpha value is -3.61. The van der Waals surface area contributed by atoms with Gasteiger partial charge in [-0.15, -0.1) is 0 Å². The highest BCUT2D eigenvalue weighted by atomic mass is 16.5. The van der Waals surface area contributed by atoms with E-state index >= 15 is 0 Å². The minimum atomic E-state index is -0.820. The van der Waals surface area contributed by atoms with Crippen molar-refractivity contribution in [3.05, 3.63) is 65.2 Å². The number of fused-ring (bicyclic) bond motifs is 1. The molecule has 0 aromatic heterocycles. The lowest BCUT2D eigenvalue weighted by Gasteiger charge is -2.38. The smallest absolute Gasteiger partial charge is 0.311 e. The molecule has 0 unspecified atom stereocenters. The van der Waals surface area contributed by atoms with Crippen LogP contribution in [-0.2, 0) is 16.0 Å². The van der Waals surface area contributed by atoms with Crippen LogP contribution in [0.5, 0.6) is 11.5 Å². The van der Waals surface area contributed by atoms with Crippen molar-refractivity contribution < 1.29 is 19.4 Å². The van der Waals surface area contributed by atoms with Crippen LogP contribution < -0.4 is 15.5 Å². The van der Waals surface area contributed by atoms with Crippen molar-refractivity contribution in [2.45, 2.75) is 37.6 Å². The van der Waals surface area contributed by atoms with Crippen LogP contribution in [0, 0.1) is 0 Å². The van der Waals surface area contributed by atoms with Crippen molar-refractivity contribution in [2.75, 3.05) is 7.11 Å². The van der Waals surface area contributed by atoms with E-state index in [2.05, 4.69) is 21.9 Å². The third-order valence-electron chi connectivity index (χ3n) is 5.88. The summed E-state index contributed by atoms with van der Waals surface area (Å²) in [6, 6.07) is 12.6. The Labute approximate surface area is 180 Å². The van der Waals surface area contributed by atoms with Gasteiger partial charge in [0.15, 0.2) is 11.5 Å². The molecule has 1 spiro atoms. The first kappa shape index (κ1) is 20.7. The summed E-state index contributed by atoms with van der Waals surface area (Å²) in [7, 11) is 1.44. The Morgan fingerprint density at radius 2 is 1.97 bits per heavy atom. The van der Waals surface area contributed by atoms with E-state index in [9.17, 15) is 14.7 Å². The number of nitrogens with zero attached hydrogens (tertiary/aromatic N) is 1. The van der Waals surface area contributed by atoms with Gasteiger partial charge < -0.3 is 15.2 Å². The molecule has 1 aliphatic carbocycles. The first-order valence-electron chi connectivity index (χ1n) is 10.3. The third-order valence-corrected chi connectivity index (χ3v) is 5.88. The fourth-order valence-corrected chi connectivity index (χ4v) is 4.36. The van der Waals surface area contributed by atoms with Crippen LogP contribution in [-0.4, -0.2) is 35.7 Å². The summed E-state index contributed by atoms with van der Waals surface area (Å²) in [5, 5.41) is 17.0. The molecule has 160 valence electrons. The van der Waals surface area contributed by atoms with Crippen LogP contribution in [0.25, 0.3) is 5.70 Å². The largest absolute Gasteiger partial charge is 0.504 e. The standard InChI is InChI=1S/C24H25N3O4/c1-31-22-12-16(8-9-20(22)28)15-25-27-23(30)21(29)13-19-18-7-3-2-6-17(18)14-24(26-19)10-4-5-11-24/h2-3,6-9,12-13,15,26,28H,4-5,10-11,14H2,1H3,(H,27,30). The number of nitrogens with one attached hydrogen (secondary N) is 2. The predicted molar refractivity (Wildman–Crippen MR) is 118 cm³/mol. The van der Waals surface area contributed by atoms with Gasteiger partial charge in [-0.3, -0.25) is 9.59 Å². The molecule has 2 aromatic rings. The SMILES string of the molecule is COc1cc(C=NNC(=O)C(=O)C=C2NC3(CCCC3)Cc3ccccc32)ccc1O. The zero-order chi connectivity index (χ0) is 21.8. The Morgan fingerprint density at radius 1 is 1.19 bits per heavy atom. The number of hydrogen-bond donors (Lipinski definition) is 3. The minimum absolute atomic E-state index is 0.00536. The summed E-state index contributed by atoms with van der Waals surface area (Å²) in [4.78, 5) is 24.9. The van der Waals surface area contributed by atoms with Crippen LogP contribution in [0.2, 0.25) is 0 Å². The number of rotatable bonds is 5. The van der Waals surface area contributed by atoms with E-state index in [1.165, 1.54) is 31.0 Å². The fourth-order valence-electron chi connectivity index (χ4n) is 4.36. The van der Waals surface area contributed by atoms with Gasteiger partial charge in [0.25, 0.3) is 0 Å². The van der Waals surface area contributed by atoms with Crippen molar-refractivity contribution in [2.24, 2.45) is 5.10 Å². The number of ketones is 1. The van der Waals surface area contributed by atoms with E-state index in [0.29, 0.717) is 17.0 Å². The van der Waals surface area contributed by atoms with Crippen molar-refractivity contribution in [1.82, 2.24) is 10.7 Å². The number of ether oxygens (including phenoxy) is 1. The second-order valence-corrected chi connectivity index (χ2v) is 8.00. The number of methoxy groups -OCH3 is 1. The number of carbonyl (C=O) groups excluding carboxylic acids is 2. The summed E-state index contributed by atoms with van der Waals surface area (Å²) in [5.74, 6) is -1.20. The topological polar surface area (TPSA) is 100 Å². The van der Waals surface area contributed by atoms with Crippen molar-refractivity contribution in [1.29, 1.82) is 0 Å². The number of hydrazone groups is 1. The normalized spacial score (nSPS) is 18.0. The van der Waals surface area contributed by atoms with E-state index in [0.717, 1.165) is 37.7 Å². The van der Waals surface area contributed by atoms with Crippen molar-refractivity contribution >= 4 is 23.6 Å². The fraction of sp³-hybridized carbons (Fsp3) is 0.292. The molecule has 0 bridgehead atoms. The molecule has 2 aliphatic rings. The van der Waals surface area contributed by atoms with E-state index in [1.807, 2.05) is 18.2 Å². The Kier molecular flexibility index (Phi) is 5.75. The Bertz CT molecular complexity index is 1070. The summed E-state index contributed by atoms with van der Waals surface area (Å²) in [5.41, 5.74) is 5.68. The van der Waals surface area contributed by atoms with Crippen LogP contribution in [0.3, 0.4) is 0 Å². The lowest BCUT2D eigenvalue weighted by atomic mass is 9.82. The highest BCUT2D eigenvalue weighted by molar-refractivity contribution is 6.41. The summed E-state index contributed by atoms with van der Waals surface area (Å²) >= 11 is 0. The molecule has 1 fully saturated rings. The highest BCUT2D eigenvalue weighted by Crippen LogP contribution is 2.39. The van der Waals surface area contributed by atoms with Gasteiger partial charge in [-0.2, -0.15) is 5.10 Å². The molecule has 3 N–H and O–H groups in total. The second kappa shape index (κ2) is 8.63. The van der Waals surface area contributed by atoms with E-state index in [4.69, 9.17) is 4.74 Å². The summed E-state index contributed by atoms with van der Waals surface area (Å²) < 4.78 is 5.04. The third kappa shape index (κ3) is 4.45. The number of carbonyl (C=O) groups is 2. The lowest BCUT2D eigenvalue weighted by Crippen LogP contribution is -2.47. The van der Waals surface area contributed by atoms with Crippen molar-refractivity contribution in [3.63, 3.8) is 0 Å². The molecule has 7 nitrogen and oxygen atoms in total. The zero-order valence-electron chi connectivity index (χ0n) is 17.4. The number of phenols is 1. The molecule has 0 atom stereocenters. The molecular weight excluding hydrogens is 394 g/mol. The first-order valence-corrected chi connectivity index (χ1v) is 10.3. The Morgan fingerprint density at radius 3 is 2.74 bits per heavy atom. The van der Waals surface area contributed by atoms with Crippen molar-refractivity contribution in [3.8, 4) is 11.5 Å². The average molecular weight is 419 g/mol. The summed E-state index contributed by atoms with van der Waals surface area (Å²) in [6.07, 6.45) is 8.11. The van der Waals surface area contributed by atoms with Gasteiger partial charge in [0.1, 0.15) is 0 Å². The quantitative estimate of drug-likeness (QED) is 0.299. The van der Waals surface area contributed by atoms with E-state index < -0.39 is 11.7 Å². The van der Waals surface area contributed by atoms with Gasteiger partial charge >= 0.3 is 5.91 Å². The number of aromatic hydroxyl groups is 1. The number of phenolic OH excluding ortho intramolecular Hbond substituents is 1. The molecular formula is C24H25N3O4. The Balaban J connectivity index is 1.48. The highest BCUT2D eigenvalue weighted by Gasteiger charge is 2.38.